The standard InChI is InChI=1S/C16H13ClFNO2/c17-12-2-1-3-13(18)15(12)16(20)19-9-10-4-5-14-11(8-10)6-7-21-14/h1-5,8H,6-7,9H2,(H,19,20). The van der Waals surface area contributed by atoms with Crippen LogP contribution in [-0.2, 0) is 13.0 Å². The summed E-state index contributed by atoms with van der Waals surface area (Å²) in [5.74, 6) is -0.251. The van der Waals surface area contributed by atoms with Crippen molar-refractivity contribution in [1.82, 2.24) is 5.32 Å². The number of carbonyl (C=O) groups is 1. The van der Waals surface area contributed by atoms with Gasteiger partial charge in [-0.2, -0.15) is 0 Å². The molecular weight excluding hydrogens is 293 g/mol. The van der Waals surface area contributed by atoms with Crippen LogP contribution >= 0.6 is 11.6 Å². The Balaban J connectivity index is 1.71. The number of rotatable bonds is 3. The number of carbonyl (C=O) groups excluding carboxylic acids is 1. The van der Waals surface area contributed by atoms with Gasteiger partial charge in [-0.05, 0) is 29.3 Å². The fourth-order valence-electron chi connectivity index (χ4n) is 2.34. The molecule has 0 radical (unpaired) electrons. The normalized spacial score (nSPS) is 12.7. The van der Waals surface area contributed by atoms with E-state index in [4.69, 9.17) is 16.3 Å². The second-order valence-electron chi connectivity index (χ2n) is 4.82. The number of fused-ring (bicyclic) bond motifs is 1. The van der Waals surface area contributed by atoms with Gasteiger partial charge in [-0.3, -0.25) is 4.79 Å². The van der Waals surface area contributed by atoms with Crippen molar-refractivity contribution in [3.8, 4) is 5.75 Å². The van der Waals surface area contributed by atoms with E-state index < -0.39 is 11.7 Å². The lowest BCUT2D eigenvalue weighted by molar-refractivity contribution is 0.0947. The highest BCUT2D eigenvalue weighted by atomic mass is 35.5. The van der Waals surface area contributed by atoms with Gasteiger partial charge in [0, 0.05) is 13.0 Å². The molecule has 108 valence electrons. The van der Waals surface area contributed by atoms with Crippen LogP contribution < -0.4 is 10.1 Å². The Labute approximate surface area is 126 Å². The molecule has 0 spiro atoms. The quantitative estimate of drug-likeness (QED) is 0.944. The molecule has 0 atom stereocenters. The minimum atomic E-state index is -0.623. The van der Waals surface area contributed by atoms with Crippen LogP contribution in [-0.4, -0.2) is 12.5 Å². The summed E-state index contributed by atoms with van der Waals surface area (Å²) >= 11 is 5.87. The Morgan fingerprint density at radius 2 is 2.19 bits per heavy atom. The summed E-state index contributed by atoms with van der Waals surface area (Å²) < 4.78 is 19.1. The van der Waals surface area contributed by atoms with E-state index in [-0.39, 0.29) is 10.6 Å². The molecular formula is C16H13ClFNO2. The van der Waals surface area contributed by atoms with Gasteiger partial charge in [0.05, 0.1) is 17.2 Å². The lowest BCUT2D eigenvalue weighted by Gasteiger charge is -2.08. The van der Waals surface area contributed by atoms with Crippen molar-refractivity contribution in [1.29, 1.82) is 0 Å². The highest BCUT2D eigenvalue weighted by molar-refractivity contribution is 6.33. The van der Waals surface area contributed by atoms with Crippen molar-refractivity contribution in [2.24, 2.45) is 0 Å². The Hall–Kier alpha value is -2.07. The monoisotopic (exact) mass is 305 g/mol. The summed E-state index contributed by atoms with van der Waals surface area (Å²) in [5, 5.41) is 2.79. The number of nitrogens with one attached hydrogen (secondary N) is 1. The molecule has 0 aromatic heterocycles. The van der Waals surface area contributed by atoms with Gasteiger partial charge in [0.1, 0.15) is 11.6 Å². The van der Waals surface area contributed by atoms with Gasteiger partial charge in [0.25, 0.3) is 5.91 Å². The summed E-state index contributed by atoms with van der Waals surface area (Å²) in [6.07, 6.45) is 0.871. The fraction of sp³-hybridized carbons (Fsp3) is 0.188. The molecule has 3 rings (SSSR count). The first-order valence-electron chi connectivity index (χ1n) is 6.62. The first kappa shape index (κ1) is 13.9. The molecule has 0 saturated carbocycles. The van der Waals surface area contributed by atoms with E-state index in [1.807, 2.05) is 18.2 Å². The maximum Gasteiger partial charge on any atom is 0.256 e. The van der Waals surface area contributed by atoms with E-state index in [0.29, 0.717) is 13.2 Å². The lowest BCUT2D eigenvalue weighted by atomic mass is 10.1. The maximum absolute atomic E-state index is 13.6. The predicted molar refractivity (Wildman–Crippen MR) is 78.2 cm³/mol. The van der Waals surface area contributed by atoms with Crippen molar-refractivity contribution in [2.45, 2.75) is 13.0 Å². The molecule has 1 aliphatic rings. The SMILES string of the molecule is O=C(NCc1ccc2c(c1)CCO2)c1c(F)cccc1Cl. The third-order valence-corrected chi connectivity index (χ3v) is 3.71. The Kier molecular flexibility index (Phi) is 3.80. The van der Waals surface area contributed by atoms with E-state index >= 15 is 0 Å². The van der Waals surface area contributed by atoms with Gasteiger partial charge in [-0.15, -0.1) is 0 Å². The van der Waals surface area contributed by atoms with Crippen LogP contribution in [0.3, 0.4) is 0 Å². The van der Waals surface area contributed by atoms with Crippen LogP contribution in [0, 0.1) is 5.82 Å². The molecule has 1 amide bonds. The largest absolute Gasteiger partial charge is 0.493 e. The van der Waals surface area contributed by atoms with Crippen LogP contribution in [0.25, 0.3) is 0 Å². The van der Waals surface area contributed by atoms with Crippen molar-refractivity contribution in [3.05, 3.63) is 63.9 Å². The van der Waals surface area contributed by atoms with Crippen molar-refractivity contribution >= 4 is 17.5 Å². The summed E-state index contributed by atoms with van der Waals surface area (Å²) in [6.45, 7) is 1.01. The minimum absolute atomic E-state index is 0.106. The lowest BCUT2D eigenvalue weighted by Crippen LogP contribution is -2.24. The summed E-state index contributed by atoms with van der Waals surface area (Å²) in [4.78, 5) is 12.0. The molecule has 1 aliphatic heterocycles. The number of hydrogen-bond donors (Lipinski definition) is 1. The van der Waals surface area contributed by atoms with Crippen molar-refractivity contribution in [3.63, 3.8) is 0 Å². The van der Waals surface area contributed by atoms with E-state index in [1.165, 1.54) is 18.2 Å². The molecule has 0 saturated heterocycles. The Morgan fingerprint density at radius 1 is 1.33 bits per heavy atom. The third kappa shape index (κ3) is 2.85. The second-order valence-corrected chi connectivity index (χ2v) is 5.23. The van der Waals surface area contributed by atoms with Crippen LogP contribution in [0.1, 0.15) is 21.5 Å². The van der Waals surface area contributed by atoms with Gasteiger partial charge in [-0.25, -0.2) is 4.39 Å². The van der Waals surface area contributed by atoms with Crippen molar-refractivity contribution < 1.29 is 13.9 Å². The smallest absolute Gasteiger partial charge is 0.256 e. The molecule has 21 heavy (non-hydrogen) atoms. The molecule has 1 heterocycles. The first-order chi connectivity index (χ1) is 10.1. The zero-order valence-electron chi connectivity index (χ0n) is 11.2. The average Bonchev–Trinajstić information content (AvgIpc) is 2.92. The van der Waals surface area contributed by atoms with E-state index in [0.717, 1.165) is 23.3 Å². The molecule has 0 bridgehead atoms. The van der Waals surface area contributed by atoms with Crippen LogP contribution in [0.15, 0.2) is 36.4 Å². The Morgan fingerprint density at radius 3 is 3.00 bits per heavy atom. The second kappa shape index (κ2) is 5.74. The Bertz CT molecular complexity index is 682. The highest BCUT2D eigenvalue weighted by Gasteiger charge is 2.16. The van der Waals surface area contributed by atoms with Crippen LogP contribution in [0.4, 0.5) is 4.39 Å². The van der Waals surface area contributed by atoms with E-state index in [2.05, 4.69) is 5.32 Å². The average molecular weight is 306 g/mol. The van der Waals surface area contributed by atoms with Gasteiger partial charge in [-0.1, -0.05) is 29.8 Å². The molecule has 0 aliphatic carbocycles. The van der Waals surface area contributed by atoms with Gasteiger partial charge in [0.15, 0.2) is 0 Å². The molecule has 1 N–H and O–H groups in total. The molecule has 0 fully saturated rings. The maximum atomic E-state index is 13.6. The minimum Gasteiger partial charge on any atom is -0.493 e. The number of ether oxygens (including phenoxy) is 1. The third-order valence-electron chi connectivity index (χ3n) is 3.40. The predicted octanol–water partition coefficient (Wildman–Crippen LogP) is 3.34. The molecule has 0 unspecified atom stereocenters. The summed E-state index contributed by atoms with van der Waals surface area (Å²) in [7, 11) is 0. The summed E-state index contributed by atoms with van der Waals surface area (Å²) in [6, 6.07) is 9.94. The fourth-order valence-corrected chi connectivity index (χ4v) is 2.58. The van der Waals surface area contributed by atoms with E-state index in [9.17, 15) is 9.18 Å². The van der Waals surface area contributed by atoms with Crippen molar-refractivity contribution in [2.75, 3.05) is 6.61 Å². The van der Waals surface area contributed by atoms with E-state index in [1.54, 1.807) is 0 Å². The highest BCUT2D eigenvalue weighted by Crippen LogP contribution is 2.26. The first-order valence-corrected chi connectivity index (χ1v) is 7.00. The van der Waals surface area contributed by atoms with Gasteiger partial charge >= 0.3 is 0 Å². The number of benzene rings is 2. The number of hydrogen-bond acceptors (Lipinski definition) is 2. The summed E-state index contributed by atoms with van der Waals surface area (Å²) in [5.41, 5.74) is 1.95. The number of amides is 1. The molecule has 5 heteroatoms. The zero-order valence-corrected chi connectivity index (χ0v) is 11.9. The van der Waals surface area contributed by atoms with Gasteiger partial charge < -0.3 is 10.1 Å². The van der Waals surface area contributed by atoms with Crippen LogP contribution in [0.5, 0.6) is 5.75 Å². The molecule has 2 aromatic carbocycles. The molecule has 3 nitrogen and oxygen atoms in total. The topological polar surface area (TPSA) is 38.3 Å². The zero-order chi connectivity index (χ0) is 14.8. The van der Waals surface area contributed by atoms with Gasteiger partial charge in [0.2, 0.25) is 0 Å². The van der Waals surface area contributed by atoms with Crippen LogP contribution in [0.2, 0.25) is 5.02 Å². The number of halogens is 2. The molecule has 2 aromatic rings.